The standard InChI is InChI=1S/C38H41Cl2N3O4S/c1-27-17-21-33(22-18-27)48(46,47)43(35-16-10-9-11-28(35)2)26-37(44)42(25-30-19-20-31(39)24-34(30)40)36(23-29-12-5-3-6-13-29)38(45)41-32-14-7-4-8-15-32/h3,5-6,9-13,16-22,24,32,36H,4,7-8,14-15,23,25-26H2,1-2H3,(H,41,45)/t36-/m1/s1. The second-order valence-corrected chi connectivity index (χ2v) is 15.1. The van der Waals surface area contributed by atoms with Crippen LogP contribution in [0.25, 0.3) is 0 Å². The number of aryl methyl sites for hydroxylation is 2. The van der Waals surface area contributed by atoms with Crippen LogP contribution in [0.15, 0.2) is 102 Å². The summed E-state index contributed by atoms with van der Waals surface area (Å²) in [6.45, 7) is 3.12. The van der Waals surface area contributed by atoms with Crippen LogP contribution < -0.4 is 9.62 Å². The van der Waals surface area contributed by atoms with E-state index in [0.717, 1.165) is 47.5 Å². The summed E-state index contributed by atoms with van der Waals surface area (Å²) in [5, 5.41) is 4.00. The molecule has 2 amide bonds. The largest absolute Gasteiger partial charge is 0.352 e. The molecule has 0 unspecified atom stereocenters. The van der Waals surface area contributed by atoms with Crippen molar-refractivity contribution >= 4 is 50.7 Å². The lowest BCUT2D eigenvalue weighted by molar-refractivity contribution is -0.140. The summed E-state index contributed by atoms with van der Waals surface area (Å²) < 4.78 is 29.7. The van der Waals surface area contributed by atoms with Crippen LogP contribution in [0.1, 0.15) is 54.4 Å². The minimum absolute atomic E-state index is 0.00553. The van der Waals surface area contributed by atoms with Gasteiger partial charge in [0.15, 0.2) is 0 Å². The van der Waals surface area contributed by atoms with Gasteiger partial charge in [-0.15, -0.1) is 0 Å². The van der Waals surface area contributed by atoms with Crippen LogP contribution in [0.2, 0.25) is 10.0 Å². The van der Waals surface area contributed by atoms with E-state index in [-0.39, 0.29) is 29.8 Å². The molecule has 5 rings (SSSR count). The molecule has 0 heterocycles. The maximum atomic E-state index is 14.8. The molecule has 0 saturated heterocycles. The number of rotatable bonds is 12. The van der Waals surface area contributed by atoms with Gasteiger partial charge in [-0.2, -0.15) is 0 Å². The number of carbonyl (C=O) groups is 2. The molecule has 48 heavy (non-hydrogen) atoms. The third kappa shape index (κ3) is 8.78. The maximum absolute atomic E-state index is 14.8. The first-order chi connectivity index (χ1) is 23.0. The number of para-hydroxylation sites is 1. The van der Waals surface area contributed by atoms with Crippen molar-refractivity contribution in [3.8, 4) is 0 Å². The fourth-order valence-corrected chi connectivity index (χ4v) is 8.07. The van der Waals surface area contributed by atoms with E-state index in [1.165, 1.54) is 4.90 Å². The van der Waals surface area contributed by atoms with Gasteiger partial charge in [0.25, 0.3) is 10.0 Å². The zero-order valence-corrected chi connectivity index (χ0v) is 29.6. The van der Waals surface area contributed by atoms with Gasteiger partial charge in [-0.3, -0.25) is 13.9 Å². The van der Waals surface area contributed by atoms with Crippen molar-refractivity contribution in [2.24, 2.45) is 0 Å². The van der Waals surface area contributed by atoms with Crippen LogP contribution in [-0.2, 0) is 32.6 Å². The van der Waals surface area contributed by atoms with Gasteiger partial charge in [0.1, 0.15) is 12.6 Å². The molecule has 1 aliphatic carbocycles. The molecule has 1 atom stereocenters. The van der Waals surface area contributed by atoms with Crippen molar-refractivity contribution in [2.45, 2.75) is 75.9 Å². The van der Waals surface area contributed by atoms with E-state index in [1.807, 2.05) is 43.3 Å². The molecule has 0 radical (unpaired) electrons. The van der Waals surface area contributed by atoms with Crippen LogP contribution in [-0.4, -0.2) is 43.8 Å². The molecule has 1 N–H and O–H groups in total. The topological polar surface area (TPSA) is 86.8 Å². The van der Waals surface area contributed by atoms with Crippen LogP contribution in [0, 0.1) is 13.8 Å². The highest BCUT2D eigenvalue weighted by Gasteiger charge is 2.36. The van der Waals surface area contributed by atoms with Gasteiger partial charge in [0, 0.05) is 29.1 Å². The zero-order chi connectivity index (χ0) is 34.3. The Morgan fingerprint density at radius 3 is 2.19 bits per heavy atom. The van der Waals surface area contributed by atoms with E-state index in [9.17, 15) is 18.0 Å². The van der Waals surface area contributed by atoms with Crippen molar-refractivity contribution in [2.75, 3.05) is 10.8 Å². The summed E-state index contributed by atoms with van der Waals surface area (Å²) in [4.78, 5) is 30.5. The molecule has 7 nitrogen and oxygen atoms in total. The van der Waals surface area contributed by atoms with E-state index < -0.39 is 28.5 Å². The van der Waals surface area contributed by atoms with E-state index in [2.05, 4.69) is 5.32 Å². The average Bonchev–Trinajstić information content (AvgIpc) is 3.07. The molecule has 0 bridgehead atoms. The Labute approximate surface area is 293 Å². The first-order valence-electron chi connectivity index (χ1n) is 16.3. The summed E-state index contributed by atoms with van der Waals surface area (Å²) in [5.74, 6) is -0.826. The molecule has 1 aliphatic rings. The summed E-state index contributed by atoms with van der Waals surface area (Å²) in [6, 6.07) is 27.2. The van der Waals surface area contributed by atoms with E-state index >= 15 is 0 Å². The third-order valence-corrected chi connectivity index (χ3v) is 11.2. The highest BCUT2D eigenvalue weighted by Crippen LogP contribution is 2.29. The predicted molar refractivity (Wildman–Crippen MR) is 193 cm³/mol. The third-order valence-electron chi connectivity index (χ3n) is 8.85. The minimum atomic E-state index is -4.19. The summed E-state index contributed by atoms with van der Waals surface area (Å²) in [7, 11) is -4.19. The Morgan fingerprint density at radius 1 is 0.854 bits per heavy atom. The van der Waals surface area contributed by atoms with Gasteiger partial charge in [0.2, 0.25) is 11.8 Å². The van der Waals surface area contributed by atoms with Gasteiger partial charge < -0.3 is 10.2 Å². The Morgan fingerprint density at radius 2 is 1.52 bits per heavy atom. The SMILES string of the molecule is Cc1ccc(S(=O)(=O)N(CC(=O)N(Cc2ccc(Cl)cc2Cl)[C@H](Cc2ccccc2)C(=O)NC2CCCCC2)c2ccccc2C)cc1. The Hall–Kier alpha value is -3.85. The van der Waals surface area contributed by atoms with Crippen molar-refractivity contribution in [3.63, 3.8) is 0 Å². The summed E-state index contributed by atoms with van der Waals surface area (Å²) >= 11 is 12.8. The minimum Gasteiger partial charge on any atom is -0.352 e. The second-order valence-electron chi connectivity index (χ2n) is 12.4. The van der Waals surface area contributed by atoms with Gasteiger partial charge in [-0.25, -0.2) is 8.42 Å². The van der Waals surface area contributed by atoms with Crippen molar-refractivity contribution < 1.29 is 18.0 Å². The Kier molecular flexibility index (Phi) is 11.8. The van der Waals surface area contributed by atoms with Gasteiger partial charge in [-0.05, 0) is 73.7 Å². The number of anilines is 1. The van der Waals surface area contributed by atoms with E-state index in [1.54, 1.807) is 67.6 Å². The smallest absolute Gasteiger partial charge is 0.264 e. The molecular weight excluding hydrogens is 665 g/mol. The number of benzene rings is 4. The van der Waals surface area contributed by atoms with E-state index in [0.29, 0.717) is 26.9 Å². The van der Waals surface area contributed by atoms with E-state index in [4.69, 9.17) is 23.2 Å². The molecule has 10 heteroatoms. The second kappa shape index (κ2) is 16.0. The lowest BCUT2D eigenvalue weighted by atomic mass is 9.94. The lowest BCUT2D eigenvalue weighted by Gasteiger charge is -2.35. The molecule has 4 aromatic carbocycles. The molecule has 0 spiro atoms. The Bertz CT molecular complexity index is 1830. The molecule has 0 aliphatic heterocycles. The monoisotopic (exact) mass is 705 g/mol. The predicted octanol–water partition coefficient (Wildman–Crippen LogP) is 7.89. The quantitative estimate of drug-likeness (QED) is 0.162. The van der Waals surface area contributed by atoms with Crippen LogP contribution in [0.4, 0.5) is 5.69 Å². The first kappa shape index (κ1) is 35.5. The highest BCUT2D eigenvalue weighted by molar-refractivity contribution is 7.92. The lowest BCUT2D eigenvalue weighted by Crippen LogP contribution is -2.55. The number of sulfonamides is 1. The summed E-state index contributed by atoms with van der Waals surface area (Å²) in [6.07, 6.45) is 5.15. The normalized spacial score (nSPS) is 14.2. The number of nitrogens with zero attached hydrogens (tertiary/aromatic N) is 2. The number of hydrogen-bond acceptors (Lipinski definition) is 4. The highest BCUT2D eigenvalue weighted by atomic mass is 35.5. The fraction of sp³-hybridized carbons (Fsp3) is 0.316. The number of amides is 2. The molecule has 252 valence electrons. The maximum Gasteiger partial charge on any atom is 0.264 e. The van der Waals surface area contributed by atoms with Crippen LogP contribution >= 0.6 is 23.2 Å². The number of carbonyl (C=O) groups excluding carboxylic acids is 2. The van der Waals surface area contributed by atoms with Crippen molar-refractivity contribution in [1.29, 1.82) is 0 Å². The molecular formula is C38H41Cl2N3O4S. The van der Waals surface area contributed by atoms with Gasteiger partial charge in [0.05, 0.1) is 10.6 Å². The van der Waals surface area contributed by atoms with Gasteiger partial charge in [-0.1, -0.05) is 115 Å². The van der Waals surface area contributed by atoms with Crippen LogP contribution in [0.5, 0.6) is 0 Å². The molecule has 1 fully saturated rings. The average molecular weight is 707 g/mol. The number of nitrogens with one attached hydrogen (secondary N) is 1. The molecule has 1 saturated carbocycles. The van der Waals surface area contributed by atoms with Crippen LogP contribution in [0.3, 0.4) is 0 Å². The zero-order valence-electron chi connectivity index (χ0n) is 27.2. The number of halogens is 2. The Balaban J connectivity index is 1.59. The van der Waals surface area contributed by atoms with Crippen molar-refractivity contribution in [3.05, 3.63) is 129 Å². The number of hydrogen-bond donors (Lipinski definition) is 1. The summed E-state index contributed by atoms with van der Waals surface area (Å²) in [5.41, 5.74) is 3.42. The van der Waals surface area contributed by atoms with Crippen molar-refractivity contribution in [1.82, 2.24) is 10.2 Å². The molecule has 4 aromatic rings. The fourth-order valence-electron chi connectivity index (χ4n) is 6.13. The molecule has 0 aromatic heterocycles. The first-order valence-corrected chi connectivity index (χ1v) is 18.5. The van der Waals surface area contributed by atoms with Gasteiger partial charge >= 0.3 is 0 Å².